The molecule has 0 fully saturated rings. The SMILES string of the molecule is CC(OC(=O)/C=C/c1cccc(Br)c1)C(=O)Nc1cc(F)ccc1F. The third-order valence-corrected chi connectivity index (χ3v) is 3.60. The van der Waals surface area contributed by atoms with Crippen molar-refractivity contribution in [3.8, 4) is 0 Å². The molecule has 0 heterocycles. The number of halogens is 3. The summed E-state index contributed by atoms with van der Waals surface area (Å²) in [5.41, 5.74) is 0.447. The molecule has 0 saturated heterocycles. The third-order valence-electron chi connectivity index (χ3n) is 3.11. The van der Waals surface area contributed by atoms with Gasteiger partial charge in [0.1, 0.15) is 11.6 Å². The van der Waals surface area contributed by atoms with Crippen LogP contribution in [0, 0.1) is 11.6 Å². The molecule has 1 unspecified atom stereocenters. The van der Waals surface area contributed by atoms with Gasteiger partial charge in [0.05, 0.1) is 5.69 Å². The van der Waals surface area contributed by atoms with Gasteiger partial charge in [-0.05, 0) is 42.8 Å². The van der Waals surface area contributed by atoms with Gasteiger partial charge in [0.25, 0.3) is 5.91 Å². The average molecular weight is 410 g/mol. The lowest BCUT2D eigenvalue weighted by molar-refractivity contribution is -0.148. The summed E-state index contributed by atoms with van der Waals surface area (Å²) in [6.45, 7) is 1.33. The van der Waals surface area contributed by atoms with E-state index in [0.29, 0.717) is 0 Å². The van der Waals surface area contributed by atoms with Crippen molar-refractivity contribution in [2.24, 2.45) is 0 Å². The van der Waals surface area contributed by atoms with Gasteiger partial charge in [-0.1, -0.05) is 28.1 Å². The van der Waals surface area contributed by atoms with E-state index in [0.717, 1.165) is 28.2 Å². The van der Waals surface area contributed by atoms with E-state index in [1.54, 1.807) is 18.2 Å². The molecule has 130 valence electrons. The zero-order chi connectivity index (χ0) is 18.4. The summed E-state index contributed by atoms with van der Waals surface area (Å²) in [7, 11) is 0. The van der Waals surface area contributed by atoms with Crippen LogP contribution in [0.4, 0.5) is 14.5 Å². The topological polar surface area (TPSA) is 55.4 Å². The maximum absolute atomic E-state index is 13.5. The zero-order valence-corrected chi connectivity index (χ0v) is 14.7. The van der Waals surface area contributed by atoms with Crippen LogP contribution in [-0.4, -0.2) is 18.0 Å². The number of ether oxygens (including phenoxy) is 1. The molecule has 0 saturated carbocycles. The van der Waals surface area contributed by atoms with Gasteiger partial charge in [0.15, 0.2) is 6.10 Å². The molecule has 1 amide bonds. The summed E-state index contributed by atoms with van der Waals surface area (Å²) in [4.78, 5) is 23.7. The number of anilines is 1. The van der Waals surface area contributed by atoms with Crippen LogP contribution >= 0.6 is 15.9 Å². The zero-order valence-electron chi connectivity index (χ0n) is 13.1. The lowest BCUT2D eigenvalue weighted by Crippen LogP contribution is -2.29. The number of hydrogen-bond acceptors (Lipinski definition) is 3. The van der Waals surface area contributed by atoms with Crippen molar-refractivity contribution in [1.82, 2.24) is 0 Å². The maximum Gasteiger partial charge on any atom is 0.331 e. The van der Waals surface area contributed by atoms with E-state index in [4.69, 9.17) is 4.74 Å². The first kappa shape index (κ1) is 18.8. The van der Waals surface area contributed by atoms with E-state index in [9.17, 15) is 18.4 Å². The standard InChI is InChI=1S/C18H14BrF2NO3/c1-11(18(24)22-16-10-14(20)6-7-15(16)21)25-17(23)8-5-12-3-2-4-13(19)9-12/h2-11H,1H3,(H,22,24)/b8-5+. The Labute approximate surface area is 151 Å². The number of carbonyl (C=O) groups excluding carboxylic acids is 2. The van der Waals surface area contributed by atoms with Crippen LogP contribution in [0.25, 0.3) is 6.08 Å². The lowest BCUT2D eigenvalue weighted by Gasteiger charge is -2.12. The summed E-state index contributed by atoms with van der Waals surface area (Å²) >= 11 is 3.31. The molecule has 1 N–H and O–H groups in total. The minimum Gasteiger partial charge on any atom is -0.449 e. The summed E-state index contributed by atoms with van der Waals surface area (Å²) in [5.74, 6) is -2.99. The van der Waals surface area contributed by atoms with E-state index in [-0.39, 0.29) is 5.69 Å². The Morgan fingerprint density at radius 2 is 1.96 bits per heavy atom. The van der Waals surface area contributed by atoms with Crippen molar-refractivity contribution in [3.05, 3.63) is 70.2 Å². The molecule has 0 spiro atoms. The summed E-state index contributed by atoms with van der Waals surface area (Å²) < 4.78 is 32.4. The van der Waals surface area contributed by atoms with E-state index in [2.05, 4.69) is 21.2 Å². The quantitative estimate of drug-likeness (QED) is 0.591. The molecule has 2 aromatic carbocycles. The molecule has 1 atom stereocenters. The third kappa shape index (κ3) is 5.79. The normalized spacial score (nSPS) is 12.0. The molecule has 2 aromatic rings. The monoisotopic (exact) mass is 409 g/mol. The van der Waals surface area contributed by atoms with E-state index >= 15 is 0 Å². The van der Waals surface area contributed by atoms with Gasteiger partial charge in [-0.25, -0.2) is 13.6 Å². The predicted molar refractivity (Wildman–Crippen MR) is 93.7 cm³/mol. The summed E-state index contributed by atoms with van der Waals surface area (Å²) in [6.07, 6.45) is 1.53. The molecule has 2 rings (SSSR count). The molecule has 0 radical (unpaired) electrons. The predicted octanol–water partition coefficient (Wildman–Crippen LogP) is 4.31. The molecule has 0 aromatic heterocycles. The largest absolute Gasteiger partial charge is 0.449 e. The lowest BCUT2D eigenvalue weighted by atomic mass is 10.2. The van der Waals surface area contributed by atoms with Crippen LogP contribution in [0.3, 0.4) is 0 Å². The minimum absolute atomic E-state index is 0.322. The molecule has 7 heteroatoms. The number of nitrogens with one attached hydrogen (secondary N) is 1. The van der Waals surface area contributed by atoms with Crippen LogP contribution in [0.15, 0.2) is 53.0 Å². The Morgan fingerprint density at radius 3 is 2.68 bits per heavy atom. The fourth-order valence-corrected chi connectivity index (χ4v) is 2.29. The van der Waals surface area contributed by atoms with Crippen LogP contribution in [0.2, 0.25) is 0 Å². The number of rotatable bonds is 5. The molecule has 4 nitrogen and oxygen atoms in total. The highest BCUT2D eigenvalue weighted by Gasteiger charge is 2.18. The van der Waals surface area contributed by atoms with Gasteiger partial charge in [0, 0.05) is 16.6 Å². The Kier molecular flexibility index (Phi) is 6.41. The van der Waals surface area contributed by atoms with E-state index in [1.807, 2.05) is 6.07 Å². The first-order valence-corrected chi connectivity index (χ1v) is 8.04. The molecule has 0 aliphatic rings. The molecule has 25 heavy (non-hydrogen) atoms. The Hall–Kier alpha value is -2.54. The second kappa shape index (κ2) is 8.53. The summed E-state index contributed by atoms with van der Waals surface area (Å²) in [5, 5.41) is 2.18. The van der Waals surface area contributed by atoms with Crippen molar-refractivity contribution < 1.29 is 23.1 Å². The van der Waals surface area contributed by atoms with Gasteiger partial charge >= 0.3 is 5.97 Å². The second-order valence-electron chi connectivity index (χ2n) is 5.08. The van der Waals surface area contributed by atoms with E-state index in [1.165, 1.54) is 19.1 Å². The number of carbonyl (C=O) groups is 2. The van der Waals surface area contributed by atoms with Crippen LogP contribution < -0.4 is 5.32 Å². The van der Waals surface area contributed by atoms with Gasteiger partial charge in [0.2, 0.25) is 0 Å². The fraction of sp³-hybridized carbons (Fsp3) is 0.111. The van der Waals surface area contributed by atoms with Gasteiger partial charge < -0.3 is 10.1 Å². The van der Waals surface area contributed by atoms with Gasteiger partial charge in [-0.3, -0.25) is 4.79 Å². The highest BCUT2D eigenvalue weighted by atomic mass is 79.9. The smallest absolute Gasteiger partial charge is 0.331 e. The van der Waals surface area contributed by atoms with Crippen LogP contribution in [-0.2, 0) is 14.3 Å². The van der Waals surface area contributed by atoms with E-state index < -0.39 is 29.6 Å². The van der Waals surface area contributed by atoms with Crippen molar-refractivity contribution in [2.45, 2.75) is 13.0 Å². The number of esters is 1. The highest BCUT2D eigenvalue weighted by Crippen LogP contribution is 2.16. The van der Waals surface area contributed by atoms with Crippen LogP contribution in [0.5, 0.6) is 0 Å². The first-order chi connectivity index (χ1) is 11.8. The Bertz CT molecular complexity index is 824. The second-order valence-corrected chi connectivity index (χ2v) is 6.00. The molecular formula is C18H14BrF2NO3. The first-order valence-electron chi connectivity index (χ1n) is 7.25. The van der Waals surface area contributed by atoms with Crippen molar-refractivity contribution in [2.75, 3.05) is 5.32 Å². The van der Waals surface area contributed by atoms with Crippen molar-refractivity contribution >= 4 is 39.6 Å². The Balaban J connectivity index is 1.94. The average Bonchev–Trinajstić information content (AvgIpc) is 2.56. The number of benzene rings is 2. The van der Waals surface area contributed by atoms with Crippen LogP contribution in [0.1, 0.15) is 12.5 Å². The van der Waals surface area contributed by atoms with Crippen molar-refractivity contribution in [1.29, 1.82) is 0 Å². The fourth-order valence-electron chi connectivity index (χ4n) is 1.87. The molecular weight excluding hydrogens is 396 g/mol. The number of amides is 1. The minimum atomic E-state index is -1.18. The van der Waals surface area contributed by atoms with Gasteiger partial charge in [-0.15, -0.1) is 0 Å². The molecule has 0 aliphatic heterocycles. The molecule has 0 aliphatic carbocycles. The number of hydrogen-bond donors (Lipinski definition) is 1. The molecule has 0 bridgehead atoms. The Morgan fingerprint density at radius 1 is 1.20 bits per heavy atom. The maximum atomic E-state index is 13.5. The summed E-state index contributed by atoms with van der Waals surface area (Å²) in [6, 6.07) is 9.90. The van der Waals surface area contributed by atoms with Gasteiger partial charge in [-0.2, -0.15) is 0 Å². The highest BCUT2D eigenvalue weighted by molar-refractivity contribution is 9.10. The van der Waals surface area contributed by atoms with Crippen molar-refractivity contribution in [3.63, 3.8) is 0 Å².